The van der Waals surface area contributed by atoms with Gasteiger partial charge in [-0.3, -0.25) is 4.68 Å². The van der Waals surface area contributed by atoms with Gasteiger partial charge in [-0.05, 0) is 12.1 Å². The van der Waals surface area contributed by atoms with Crippen molar-refractivity contribution in [3.05, 3.63) is 41.4 Å². The third-order valence-electron chi connectivity index (χ3n) is 2.90. The smallest absolute Gasteiger partial charge is 0.0766 e. The highest BCUT2D eigenvalue weighted by molar-refractivity contribution is 7.17. The number of fused-ring (bicyclic) bond motifs is 1. The van der Waals surface area contributed by atoms with Crippen molar-refractivity contribution in [3.63, 3.8) is 0 Å². The third kappa shape index (κ3) is 1.66. The number of hydrogen-bond acceptors (Lipinski definition) is 3. The molecule has 0 aliphatic rings. The van der Waals surface area contributed by atoms with Gasteiger partial charge < -0.3 is 5.73 Å². The minimum atomic E-state index is 0.482. The molecule has 1 aromatic carbocycles. The van der Waals surface area contributed by atoms with Crippen molar-refractivity contribution in [2.45, 2.75) is 6.54 Å². The maximum Gasteiger partial charge on any atom is 0.0766 e. The average Bonchev–Trinajstić information content (AvgIpc) is 2.92. The quantitative estimate of drug-likeness (QED) is 0.752. The Labute approximate surface area is 103 Å². The standard InChI is InChI=1S/C13H13N3S/c1-16-12(6-9(7-14)15-16)11-8-17-13-5-3-2-4-10(11)13/h2-6,8H,7,14H2,1H3. The van der Waals surface area contributed by atoms with E-state index in [2.05, 4.69) is 40.8 Å². The van der Waals surface area contributed by atoms with E-state index in [9.17, 15) is 0 Å². The summed E-state index contributed by atoms with van der Waals surface area (Å²) in [7, 11) is 1.96. The van der Waals surface area contributed by atoms with Gasteiger partial charge >= 0.3 is 0 Å². The second-order valence-electron chi connectivity index (χ2n) is 3.99. The van der Waals surface area contributed by atoms with E-state index in [1.165, 1.54) is 15.6 Å². The topological polar surface area (TPSA) is 43.8 Å². The molecule has 17 heavy (non-hydrogen) atoms. The van der Waals surface area contributed by atoms with Gasteiger partial charge in [-0.15, -0.1) is 11.3 Å². The molecule has 0 bridgehead atoms. The van der Waals surface area contributed by atoms with Gasteiger partial charge in [-0.2, -0.15) is 5.10 Å². The normalized spacial score (nSPS) is 11.2. The molecule has 3 nitrogen and oxygen atoms in total. The van der Waals surface area contributed by atoms with Crippen LogP contribution in [-0.2, 0) is 13.6 Å². The van der Waals surface area contributed by atoms with E-state index >= 15 is 0 Å². The highest BCUT2D eigenvalue weighted by Crippen LogP contribution is 2.33. The highest BCUT2D eigenvalue weighted by atomic mass is 32.1. The summed E-state index contributed by atoms with van der Waals surface area (Å²) in [6.45, 7) is 0.482. The first-order chi connectivity index (χ1) is 8.29. The van der Waals surface area contributed by atoms with Gasteiger partial charge in [0.2, 0.25) is 0 Å². The summed E-state index contributed by atoms with van der Waals surface area (Å²) in [5.41, 5.74) is 8.92. The van der Waals surface area contributed by atoms with Gasteiger partial charge in [0.05, 0.1) is 11.4 Å². The lowest BCUT2D eigenvalue weighted by Gasteiger charge is -1.99. The van der Waals surface area contributed by atoms with Crippen molar-refractivity contribution in [2.75, 3.05) is 0 Å². The van der Waals surface area contributed by atoms with Crippen molar-refractivity contribution < 1.29 is 0 Å². The van der Waals surface area contributed by atoms with E-state index in [0.717, 1.165) is 11.4 Å². The number of benzene rings is 1. The van der Waals surface area contributed by atoms with Gasteiger partial charge in [-0.25, -0.2) is 0 Å². The molecule has 0 unspecified atom stereocenters. The average molecular weight is 243 g/mol. The van der Waals surface area contributed by atoms with Crippen LogP contribution in [0.25, 0.3) is 21.3 Å². The molecule has 0 amide bonds. The van der Waals surface area contributed by atoms with E-state index in [-0.39, 0.29) is 0 Å². The lowest BCUT2D eigenvalue weighted by molar-refractivity contribution is 0.750. The Balaban J connectivity index is 2.23. The molecule has 0 aliphatic heterocycles. The lowest BCUT2D eigenvalue weighted by Crippen LogP contribution is -1.98. The summed E-state index contributed by atoms with van der Waals surface area (Å²) in [5, 5.41) is 7.85. The molecule has 2 N–H and O–H groups in total. The zero-order chi connectivity index (χ0) is 11.8. The van der Waals surface area contributed by atoms with E-state index in [1.54, 1.807) is 11.3 Å². The predicted molar refractivity (Wildman–Crippen MR) is 71.9 cm³/mol. The fourth-order valence-corrected chi connectivity index (χ4v) is 3.01. The first-order valence-corrected chi connectivity index (χ1v) is 6.37. The van der Waals surface area contributed by atoms with E-state index in [1.807, 2.05) is 11.7 Å². The van der Waals surface area contributed by atoms with Crippen molar-refractivity contribution >= 4 is 21.4 Å². The van der Waals surface area contributed by atoms with E-state index < -0.39 is 0 Å². The van der Waals surface area contributed by atoms with Crippen LogP contribution in [0.1, 0.15) is 5.69 Å². The maximum absolute atomic E-state index is 5.62. The van der Waals surface area contributed by atoms with Crippen molar-refractivity contribution in [3.8, 4) is 11.3 Å². The number of thiophene rings is 1. The number of nitrogens with zero attached hydrogens (tertiary/aromatic N) is 2. The van der Waals surface area contributed by atoms with Crippen LogP contribution < -0.4 is 5.73 Å². The summed E-state index contributed by atoms with van der Waals surface area (Å²) >= 11 is 1.76. The SMILES string of the molecule is Cn1nc(CN)cc1-c1csc2ccccc12. The zero-order valence-corrected chi connectivity index (χ0v) is 10.4. The van der Waals surface area contributed by atoms with Crippen LogP contribution in [0, 0.1) is 0 Å². The van der Waals surface area contributed by atoms with E-state index in [4.69, 9.17) is 5.73 Å². The van der Waals surface area contributed by atoms with Crippen LogP contribution in [0.3, 0.4) is 0 Å². The second kappa shape index (κ2) is 3.98. The molecule has 0 aliphatic carbocycles. The van der Waals surface area contributed by atoms with Crippen LogP contribution in [0.4, 0.5) is 0 Å². The molecular formula is C13H13N3S. The van der Waals surface area contributed by atoms with Crippen molar-refractivity contribution in [2.24, 2.45) is 12.8 Å². The maximum atomic E-state index is 5.62. The van der Waals surface area contributed by atoms with Crippen LogP contribution in [0.5, 0.6) is 0 Å². The largest absolute Gasteiger partial charge is 0.325 e. The molecule has 3 rings (SSSR count). The third-order valence-corrected chi connectivity index (χ3v) is 3.86. The molecule has 0 saturated heterocycles. The summed E-state index contributed by atoms with van der Waals surface area (Å²) in [6, 6.07) is 10.5. The molecular weight excluding hydrogens is 230 g/mol. The number of hydrogen-bond donors (Lipinski definition) is 1. The Morgan fingerprint density at radius 2 is 2.18 bits per heavy atom. The Bertz CT molecular complexity index is 666. The fourth-order valence-electron chi connectivity index (χ4n) is 2.05. The van der Waals surface area contributed by atoms with Crippen LogP contribution in [0.2, 0.25) is 0 Å². The number of rotatable bonds is 2. The fraction of sp³-hybridized carbons (Fsp3) is 0.154. The molecule has 0 atom stereocenters. The molecule has 0 radical (unpaired) electrons. The highest BCUT2D eigenvalue weighted by Gasteiger charge is 2.11. The Kier molecular flexibility index (Phi) is 2.46. The van der Waals surface area contributed by atoms with Gasteiger partial charge in [-0.1, -0.05) is 18.2 Å². The minimum absolute atomic E-state index is 0.482. The summed E-state index contributed by atoms with van der Waals surface area (Å²) in [6.07, 6.45) is 0. The van der Waals surface area contributed by atoms with E-state index in [0.29, 0.717) is 6.54 Å². The summed E-state index contributed by atoms with van der Waals surface area (Å²) in [5.74, 6) is 0. The molecule has 86 valence electrons. The molecule has 3 aromatic rings. The van der Waals surface area contributed by atoms with Gasteiger partial charge in [0.1, 0.15) is 0 Å². The Morgan fingerprint density at radius 3 is 2.94 bits per heavy atom. The van der Waals surface area contributed by atoms with Crippen molar-refractivity contribution in [1.29, 1.82) is 0 Å². The molecule has 0 saturated carbocycles. The van der Waals surface area contributed by atoms with Crippen molar-refractivity contribution in [1.82, 2.24) is 9.78 Å². The minimum Gasteiger partial charge on any atom is -0.325 e. The van der Waals surface area contributed by atoms with Crippen LogP contribution in [0.15, 0.2) is 35.7 Å². The van der Waals surface area contributed by atoms with Gasteiger partial charge in [0.25, 0.3) is 0 Å². The number of nitrogens with two attached hydrogens (primary N) is 1. The molecule has 0 spiro atoms. The Hall–Kier alpha value is -1.65. The predicted octanol–water partition coefficient (Wildman–Crippen LogP) is 2.76. The second-order valence-corrected chi connectivity index (χ2v) is 4.91. The Morgan fingerprint density at radius 1 is 1.35 bits per heavy atom. The molecule has 2 heterocycles. The summed E-state index contributed by atoms with van der Waals surface area (Å²) in [4.78, 5) is 0. The number of aryl methyl sites for hydroxylation is 1. The molecule has 0 fully saturated rings. The lowest BCUT2D eigenvalue weighted by atomic mass is 10.1. The molecule has 4 heteroatoms. The van der Waals surface area contributed by atoms with Gasteiger partial charge in [0, 0.05) is 34.6 Å². The van der Waals surface area contributed by atoms with Gasteiger partial charge in [0.15, 0.2) is 0 Å². The first kappa shape index (κ1) is 10.5. The van der Waals surface area contributed by atoms with Crippen LogP contribution in [-0.4, -0.2) is 9.78 Å². The monoisotopic (exact) mass is 243 g/mol. The first-order valence-electron chi connectivity index (χ1n) is 5.49. The zero-order valence-electron chi connectivity index (χ0n) is 9.55. The summed E-state index contributed by atoms with van der Waals surface area (Å²) < 4.78 is 3.20. The van der Waals surface area contributed by atoms with Crippen LogP contribution >= 0.6 is 11.3 Å². The number of aromatic nitrogens is 2. The molecule has 2 aromatic heterocycles.